The third kappa shape index (κ3) is 7.20. The highest BCUT2D eigenvalue weighted by Gasteiger charge is 2.49. The number of carbonyl (C=O) groups is 3. The number of carbonyl (C=O) groups excluding carboxylic acids is 3. The van der Waals surface area contributed by atoms with E-state index in [1.807, 2.05) is 0 Å². The van der Waals surface area contributed by atoms with Crippen LogP contribution in [-0.2, 0) is 31.0 Å². The third-order valence-corrected chi connectivity index (χ3v) is 9.41. The van der Waals surface area contributed by atoms with Crippen molar-refractivity contribution in [3.05, 3.63) is 99.6 Å². The maximum Gasteiger partial charge on any atom is 0.337 e. The SMILES string of the molecule is COC(=O)c1ccc(OC)c(CONC(=O)[C@@H]2c3ccccc3C(=O)N([C@H]3CCCC[C@@H]3NS(C)(=O)=O)[C@H]2c2ccc(Cl)cc2)c1. The number of hydroxylamine groups is 1. The van der Waals surface area contributed by atoms with Gasteiger partial charge in [-0.2, -0.15) is 0 Å². The smallest absolute Gasteiger partial charge is 0.337 e. The van der Waals surface area contributed by atoms with Crippen molar-refractivity contribution in [2.45, 2.75) is 56.3 Å². The molecule has 2 aliphatic rings. The molecule has 0 spiro atoms. The number of nitrogens with zero attached hydrogens (tertiary/aromatic N) is 1. The predicted molar refractivity (Wildman–Crippen MR) is 171 cm³/mol. The van der Waals surface area contributed by atoms with Gasteiger partial charge in [-0.05, 0) is 60.4 Å². The molecule has 2 N–H and O–H groups in total. The summed E-state index contributed by atoms with van der Waals surface area (Å²) in [5.74, 6) is -1.83. The zero-order valence-electron chi connectivity index (χ0n) is 25.7. The molecular formula is C33H36ClN3O8S. The summed E-state index contributed by atoms with van der Waals surface area (Å²) < 4.78 is 37.7. The number of halogens is 1. The predicted octanol–water partition coefficient (Wildman–Crippen LogP) is 4.52. The molecule has 1 heterocycles. The number of hydrogen-bond acceptors (Lipinski definition) is 8. The van der Waals surface area contributed by atoms with Crippen LogP contribution in [0.4, 0.5) is 0 Å². The van der Waals surface area contributed by atoms with E-state index >= 15 is 0 Å². The van der Waals surface area contributed by atoms with Crippen molar-refractivity contribution in [3.63, 3.8) is 0 Å². The monoisotopic (exact) mass is 669 g/mol. The molecule has 46 heavy (non-hydrogen) atoms. The van der Waals surface area contributed by atoms with Crippen molar-refractivity contribution in [3.8, 4) is 5.75 Å². The Morgan fingerprint density at radius 1 is 1.00 bits per heavy atom. The van der Waals surface area contributed by atoms with Crippen molar-refractivity contribution in [2.75, 3.05) is 20.5 Å². The topological polar surface area (TPSA) is 140 Å². The zero-order valence-corrected chi connectivity index (χ0v) is 27.3. The third-order valence-electron chi connectivity index (χ3n) is 8.42. The van der Waals surface area contributed by atoms with Crippen molar-refractivity contribution in [2.24, 2.45) is 0 Å². The van der Waals surface area contributed by atoms with Gasteiger partial charge in [0.1, 0.15) is 12.4 Å². The normalized spacial score (nSPS) is 21.3. The van der Waals surface area contributed by atoms with Crippen LogP contribution in [0.1, 0.15) is 75.0 Å². The van der Waals surface area contributed by atoms with Crippen molar-refractivity contribution in [1.29, 1.82) is 0 Å². The second kappa shape index (κ2) is 14.2. The van der Waals surface area contributed by atoms with E-state index in [9.17, 15) is 22.8 Å². The lowest BCUT2D eigenvalue weighted by atomic mass is 9.76. The molecule has 1 aliphatic carbocycles. The van der Waals surface area contributed by atoms with E-state index in [4.69, 9.17) is 25.9 Å². The van der Waals surface area contributed by atoms with Gasteiger partial charge >= 0.3 is 5.97 Å². The summed E-state index contributed by atoms with van der Waals surface area (Å²) in [5.41, 5.74) is 4.87. The van der Waals surface area contributed by atoms with Crippen molar-refractivity contribution in [1.82, 2.24) is 15.1 Å². The molecule has 1 aliphatic heterocycles. The lowest BCUT2D eigenvalue weighted by Gasteiger charge is -2.49. The van der Waals surface area contributed by atoms with Crippen LogP contribution in [0.2, 0.25) is 5.02 Å². The molecule has 1 saturated carbocycles. The quantitative estimate of drug-likeness (QED) is 0.237. The fraction of sp³-hybridized carbons (Fsp3) is 0.364. The van der Waals surface area contributed by atoms with E-state index in [-0.39, 0.29) is 18.1 Å². The molecule has 2 amide bonds. The van der Waals surface area contributed by atoms with E-state index in [0.29, 0.717) is 45.9 Å². The van der Waals surface area contributed by atoms with Crippen LogP contribution < -0.4 is 14.9 Å². The lowest BCUT2D eigenvalue weighted by Crippen LogP contribution is -2.59. The Kier molecular flexibility index (Phi) is 10.3. The van der Waals surface area contributed by atoms with Gasteiger partial charge in [0.2, 0.25) is 10.0 Å². The average molecular weight is 670 g/mol. The fourth-order valence-electron chi connectivity index (χ4n) is 6.45. The van der Waals surface area contributed by atoms with Gasteiger partial charge < -0.3 is 14.4 Å². The van der Waals surface area contributed by atoms with Gasteiger partial charge in [0.05, 0.1) is 38.0 Å². The number of fused-ring (bicyclic) bond motifs is 1. The van der Waals surface area contributed by atoms with Gasteiger partial charge in [0.25, 0.3) is 11.8 Å². The number of nitrogens with one attached hydrogen (secondary N) is 2. The Balaban J connectivity index is 1.53. The number of amides is 2. The highest BCUT2D eigenvalue weighted by atomic mass is 35.5. The molecule has 0 aromatic heterocycles. The molecule has 4 atom stereocenters. The number of benzene rings is 3. The zero-order chi connectivity index (χ0) is 33.0. The van der Waals surface area contributed by atoms with E-state index in [2.05, 4.69) is 10.2 Å². The summed E-state index contributed by atoms with van der Waals surface area (Å²) in [4.78, 5) is 48.0. The summed E-state index contributed by atoms with van der Waals surface area (Å²) in [5, 5.41) is 0.486. The molecule has 5 rings (SSSR count). The van der Waals surface area contributed by atoms with Gasteiger partial charge in [0, 0.05) is 28.2 Å². The highest BCUT2D eigenvalue weighted by molar-refractivity contribution is 7.88. The molecule has 0 radical (unpaired) electrons. The first-order chi connectivity index (χ1) is 22.0. The molecule has 0 bridgehead atoms. The first kappa shape index (κ1) is 33.4. The maximum absolute atomic E-state index is 14.3. The number of ether oxygens (including phenoxy) is 2. The molecular weight excluding hydrogens is 634 g/mol. The van der Waals surface area contributed by atoms with Gasteiger partial charge in [-0.15, -0.1) is 0 Å². The van der Waals surface area contributed by atoms with Crippen LogP contribution in [0.3, 0.4) is 0 Å². The Hall–Kier alpha value is -3.97. The molecule has 244 valence electrons. The largest absolute Gasteiger partial charge is 0.496 e. The number of rotatable bonds is 10. The van der Waals surface area contributed by atoms with Crippen molar-refractivity contribution >= 4 is 39.4 Å². The van der Waals surface area contributed by atoms with Gasteiger partial charge in [-0.1, -0.05) is 54.8 Å². The molecule has 0 saturated heterocycles. The molecule has 1 fully saturated rings. The van der Waals surface area contributed by atoms with Gasteiger partial charge in [-0.3, -0.25) is 14.4 Å². The van der Waals surface area contributed by atoms with Crippen LogP contribution in [0, 0.1) is 0 Å². The second-order valence-corrected chi connectivity index (χ2v) is 13.6. The minimum Gasteiger partial charge on any atom is -0.496 e. The van der Waals surface area contributed by atoms with Crippen LogP contribution in [-0.4, -0.2) is 63.7 Å². The Morgan fingerprint density at radius 2 is 1.72 bits per heavy atom. The van der Waals surface area contributed by atoms with E-state index < -0.39 is 45.9 Å². The standard InChI is InChI=1S/C33H36ClN3O8S/c1-43-28-17-14-21(33(40)44-2)18-22(28)19-45-35-31(38)29-24-8-4-5-9-25(24)32(39)37(30(29)20-12-15-23(34)16-13-20)27-11-7-6-10-26(27)36-46(3,41)42/h4-5,8-9,12-18,26-27,29-30,36H,6-7,10-11,19H2,1-3H3,(H,35,38)/t26-,27-,29+,30-/m0/s1. The van der Waals surface area contributed by atoms with E-state index in [0.717, 1.165) is 19.1 Å². The molecule has 0 unspecified atom stereocenters. The van der Waals surface area contributed by atoms with Crippen LogP contribution >= 0.6 is 11.6 Å². The van der Waals surface area contributed by atoms with Crippen LogP contribution in [0.5, 0.6) is 5.75 Å². The molecule has 3 aromatic rings. The van der Waals surface area contributed by atoms with Crippen molar-refractivity contribution < 1.29 is 37.1 Å². The van der Waals surface area contributed by atoms with Gasteiger partial charge in [0.15, 0.2) is 0 Å². The maximum atomic E-state index is 14.3. The number of esters is 1. The summed E-state index contributed by atoms with van der Waals surface area (Å²) in [7, 11) is -0.829. The first-order valence-electron chi connectivity index (χ1n) is 14.8. The lowest BCUT2D eigenvalue weighted by molar-refractivity contribution is -0.138. The van der Waals surface area contributed by atoms with Crippen LogP contribution in [0.25, 0.3) is 0 Å². The molecule has 13 heteroatoms. The summed E-state index contributed by atoms with van der Waals surface area (Å²) >= 11 is 6.24. The Morgan fingerprint density at radius 3 is 2.41 bits per heavy atom. The van der Waals surface area contributed by atoms with Crippen LogP contribution in [0.15, 0.2) is 66.7 Å². The average Bonchev–Trinajstić information content (AvgIpc) is 3.04. The second-order valence-electron chi connectivity index (χ2n) is 11.4. The van der Waals surface area contributed by atoms with E-state index in [1.54, 1.807) is 71.6 Å². The fourth-order valence-corrected chi connectivity index (χ4v) is 7.41. The molecule has 3 aromatic carbocycles. The minimum atomic E-state index is -3.59. The molecule has 11 nitrogen and oxygen atoms in total. The minimum absolute atomic E-state index is 0.134. The Labute approximate surface area is 273 Å². The summed E-state index contributed by atoms with van der Waals surface area (Å²) in [6, 6.07) is 16.7. The summed E-state index contributed by atoms with van der Waals surface area (Å²) in [6.45, 7) is -0.134. The van der Waals surface area contributed by atoms with Gasteiger partial charge in [-0.25, -0.2) is 23.4 Å². The Bertz CT molecular complexity index is 1720. The first-order valence-corrected chi connectivity index (χ1v) is 17.1. The number of sulfonamides is 1. The summed E-state index contributed by atoms with van der Waals surface area (Å²) in [6.07, 6.45) is 3.78. The highest BCUT2D eigenvalue weighted by Crippen LogP contribution is 2.46. The number of hydrogen-bond donors (Lipinski definition) is 2. The number of methoxy groups -OCH3 is 2. The van der Waals surface area contributed by atoms with E-state index in [1.165, 1.54) is 14.2 Å².